The van der Waals surface area contributed by atoms with Crippen LogP contribution in [0.15, 0.2) is 36.5 Å². The molecule has 0 saturated heterocycles. The van der Waals surface area contributed by atoms with Crippen molar-refractivity contribution in [2.45, 2.75) is 20.3 Å². The Kier molecular flexibility index (Phi) is 14.7. The van der Waals surface area contributed by atoms with E-state index in [4.69, 9.17) is 0 Å². The van der Waals surface area contributed by atoms with Gasteiger partial charge in [-0.15, -0.1) is 0 Å². The van der Waals surface area contributed by atoms with E-state index >= 15 is 0 Å². The maximum Gasteiger partial charge on any atom is -0.0167 e. The average Bonchev–Trinajstić information content (AvgIpc) is 2.03. The molecule has 0 bridgehead atoms. The van der Waals surface area contributed by atoms with E-state index in [1.807, 2.05) is 20.2 Å². The first-order chi connectivity index (χ1) is 5.72. The lowest BCUT2D eigenvalue weighted by Crippen LogP contribution is -1.89. The summed E-state index contributed by atoms with van der Waals surface area (Å²) in [6, 6.07) is 0. The largest absolute Gasteiger partial charge is 0.323 e. The zero-order valence-corrected chi connectivity index (χ0v) is 8.72. The maximum atomic E-state index is 3.60. The van der Waals surface area contributed by atoms with Gasteiger partial charge >= 0.3 is 0 Å². The van der Waals surface area contributed by atoms with Gasteiger partial charge in [-0.2, -0.15) is 0 Å². The van der Waals surface area contributed by atoms with Gasteiger partial charge < -0.3 is 5.32 Å². The fourth-order valence-electron chi connectivity index (χ4n) is 0.545. The molecule has 70 valence electrons. The lowest BCUT2D eigenvalue weighted by molar-refractivity contribution is 1.02. The topological polar surface area (TPSA) is 12.0 Å². The monoisotopic (exact) mass is 167 g/mol. The van der Waals surface area contributed by atoms with Crippen LogP contribution in [0.25, 0.3) is 0 Å². The molecule has 0 unspecified atom stereocenters. The zero-order valence-electron chi connectivity index (χ0n) is 8.72. The van der Waals surface area contributed by atoms with Gasteiger partial charge in [0, 0.05) is 0 Å². The van der Waals surface area contributed by atoms with E-state index in [2.05, 4.69) is 37.9 Å². The van der Waals surface area contributed by atoms with Crippen molar-refractivity contribution in [1.82, 2.24) is 5.32 Å². The van der Waals surface area contributed by atoms with Crippen molar-refractivity contribution >= 4 is 0 Å². The SMILES string of the molecule is C=C/C=C(C)\C=C/CC.CNC. The Morgan fingerprint density at radius 3 is 2.25 bits per heavy atom. The number of rotatable bonds is 3. The Labute approximate surface area is 76.9 Å². The van der Waals surface area contributed by atoms with Crippen LogP contribution in [0.5, 0.6) is 0 Å². The maximum absolute atomic E-state index is 3.60. The molecule has 0 amide bonds. The second kappa shape index (κ2) is 12.8. The van der Waals surface area contributed by atoms with E-state index in [1.54, 1.807) is 6.08 Å². The number of hydrogen-bond acceptors (Lipinski definition) is 1. The molecule has 1 N–H and O–H groups in total. The molecule has 1 nitrogen and oxygen atoms in total. The summed E-state index contributed by atoms with van der Waals surface area (Å²) in [6.07, 6.45) is 9.13. The van der Waals surface area contributed by atoms with Gasteiger partial charge in [-0.25, -0.2) is 0 Å². The van der Waals surface area contributed by atoms with Gasteiger partial charge in [0.2, 0.25) is 0 Å². The first kappa shape index (κ1) is 13.7. The van der Waals surface area contributed by atoms with Crippen LogP contribution in [0.4, 0.5) is 0 Å². The highest BCUT2D eigenvalue weighted by atomic mass is 14.7. The minimum Gasteiger partial charge on any atom is -0.323 e. The van der Waals surface area contributed by atoms with Crippen LogP contribution in [-0.2, 0) is 0 Å². The minimum atomic E-state index is 1.10. The van der Waals surface area contributed by atoms with E-state index in [1.165, 1.54) is 5.57 Å². The lowest BCUT2D eigenvalue weighted by Gasteiger charge is -1.84. The molecule has 0 rings (SSSR count). The van der Waals surface area contributed by atoms with E-state index < -0.39 is 0 Å². The fraction of sp³-hybridized carbons (Fsp3) is 0.455. The van der Waals surface area contributed by atoms with Gasteiger partial charge in [0.25, 0.3) is 0 Å². The van der Waals surface area contributed by atoms with Crippen molar-refractivity contribution in [3.8, 4) is 0 Å². The third kappa shape index (κ3) is 16.1. The van der Waals surface area contributed by atoms with Crippen LogP contribution in [0.1, 0.15) is 20.3 Å². The van der Waals surface area contributed by atoms with Gasteiger partial charge in [-0.1, -0.05) is 43.4 Å². The van der Waals surface area contributed by atoms with Gasteiger partial charge in [0.15, 0.2) is 0 Å². The summed E-state index contributed by atoms with van der Waals surface area (Å²) in [7, 11) is 3.75. The van der Waals surface area contributed by atoms with E-state index in [0.29, 0.717) is 0 Å². The standard InChI is InChI=1S/C9H14.C2H7N/c1-4-6-8-9(3)7-5-2;1-3-2/h5-8H,2,4H2,1,3H3;3H,1-2H3/b8-6-,9-7-;. The highest BCUT2D eigenvalue weighted by Gasteiger charge is 1.73. The summed E-state index contributed by atoms with van der Waals surface area (Å²) in [4.78, 5) is 0. The minimum absolute atomic E-state index is 1.10. The first-order valence-corrected chi connectivity index (χ1v) is 4.27. The molecule has 0 radical (unpaired) electrons. The van der Waals surface area contributed by atoms with Crippen molar-refractivity contribution in [2.75, 3.05) is 14.1 Å². The molecule has 0 aromatic heterocycles. The summed E-state index contributed by atoms with van der Waals surface area (Å²) in [5.74, 6) is 0. The summed E-state index contributed by atoms with van der Waals surface area (Å²) >= 11 is 0. The molecule has 0 heterocycles. The third-order valence-electron chi connectivity index (χ3n) is 0.997. The lowest BCUT2D eigenvalue weighted by atomic mass is 10.2. The zero-order chi connectivity index (χ0) is 9.82. The predicted octanol–water partition coefficient (Wildman–Crippen LogP) is 2.92. The third-order valence-corrected chi connectivity index (χ3v) is 0.997. The van der Waals surface area contributed by atoms with Gasteiger partial charge in [-0.05, 0) is 27.4 Å². The summed E-state index contributed by atoms with van der Waals surface area (Å²) in [6.45, 7) is 7.78. The quantitative estimate of drug-likeness (QED) is 0.637. The number of allylic oxidation sites excluding steroid dienone is 5. The van der Waals surface area contributed by atoms with E-state index in [0.717, 1.165) is 6.42 Å². The normalized spacial score (nSPS) is 10.8. The Balaban J connectivity index is 0. The van der Waals surface area contributed by atoms with Gasteiger partial charge in [-0.3, -0.25) is 0 Å². The molecule has 0 aliphatic heterocycles. The summed E-state index contributed by atoms with van der Waals surface area (Å²) in [5, 5.41) is 2.75. The van der Waals surface area contributed by atoms with Crippen molar-refractivity contribution in [2.24, 2.45) is 0 Å². The van der Waals surface area contributed by atoms with Crippen LogP contribution in [0.2, 0.25) is 0 Å². The molecule has 0 atom stereocenters. The molecule has 0 aromatic carbocycles. The summed E-state index contributed by atoms with van der Waals surface area (Å²) < 4.78 is 0. The molecule has 0 aliphatic carbocycles. The van der Waals surface area contributed by atoms with Crippen molar-refractivity contribution in [1.29, 1.82) is 0 Å². The van der Waals surface area contributed by atoms with Gasteiger partial charge in [0.05, 0.1) is 0 Å². The predicted molar refractivity (Wildman–Crippen MR) is 58.4 cm³/mol. The smallest absolute Gasteiger partial charge is 0.0167 e. The highest BCUT2D eigenvalue weighted by Crippen LogP contribution is 1.95. The van der Waals surface area contributed by atoms with Crippen LogP contribution < -0.4 is 5.32 Å². The molecule has 1 heteroatoms. The van der Waals surface area contributed by atoms with Crippen LogP contribution in [0, 0.1) is 0 Å². The second-order valence-electron chi connectivity index (χ2n) is 2.46. The molecule has 0 aromatic rings. The molecule has 0 aliphatic rings. The average molecular weight is 167 g/mol. The molecule has 0 fully saturated rings. The molecule has 0 saturated carbocycles. The Bertz CT molecular complexity index is 143. The van der Waals surface area contributed by atoms with Gasteiger partial charge in [0.1, 0.15) is 0 Å². The molecular formula is C11H21N. The second-order valence-corrected chi connectivity index (χ2v) is 2.46. The van der Waals surface area contributed by atoms with Crippen LogP contribution in [-0.4, -0.2) is 14.1 Å². The fourth-order valence-corrected chi connectivity index (χ4v) is 0.545. The van der Waals surface area contributed by atoms with E-state index in [-0.39, 0.29) is 0 Å². The summed E-state index contributed by atoms with van der Waals surface area (Å²) in [5.41, 5.74) is 1.26. The van der Waals surface area contributed by atoms with Crippen LogP contribution in [0.3, 0.4) is 0 Å². The van der Waals surface area contributed by atoms with E-state index in [9.17, 15) is 0 Å². The first-order valence-electron chi connectivity index (χ1n) is 4.27. The molecule has 0 spiro atoms. The number of hydrogen-bond donors (Lipinski definition) is 1. The Hall–Kier alpha value is -0.820. The highest BCUT2D eigenvalue weighted by molar-refractivity contribution is 5.20. The molecular weight excluding hydrogens is 146 g/mol. The van der Waals surface area contributed by atoms with Crippen molar-refractivity contribution in [3.63, 3.8) is 0 Å². The molecule has 12 heavy (non-hydrogen) atoms. The van der Waals surface area contributed by atoms with Crippen molar-refractivity contribution < 1.29 is 0 Å². The van der Waals surface area contributed by atoms with Crippen molar-refractivity contribution in [3.05, 3.63) is 36.5 Å². The van der Waals surface area contributed by atoms with Crippen LogP contribution >= 0.6 is 0 Å². The Morgan fingerprint density at radius 2 is 1.92 bits per heavy atom. The Morgan fingerprint density at radius 1 is 1.42 bits per heavy atom. The number of nitrogens with one attached hydrogen (secondary N) is 1.